The molecule has 3 aromatic heterocycles. The van der Waals surface area contributed by atoms with Crippen LogP contribution < -0.4 is 15.2 Å². The first-order valence-electron chi connectivity index (χ1n) is 23.3. The molecule has 6 aromatic rings. The van der Waals surface area contributed by atoms with Crippen molar-refractivity contribution in [2.45, 2.75) is 102 Å². The third-order valence-corrected chi connectivity index (χ3v) is 13.8. The number of H-pyrrole nitrogens is 1. The van der Waals surface area contributed by atoms with Crippen LogP contribution >= 0.6 is 0 Å². The second-order valence-corrected chi connectivity index (χ2v) is 18.4. The molecule has 0 bridgehead atoms. The van der Waals surface area contributed by atoms with Gasteiger partial charge in [0.25, 0.3) is 5.56 Å². The van der Waals surface area contributed by atoms with Crippen molar-refractivity contribution in [1.82, 2.24) is 29.3 Å². The number of carbonyl (C=O) groups is 1. The Labute approximate surface area is 379 Å². The maximum Gasteiger partial charge on any atom is 0.407 e. The minimum absolute atomic E-state index is 0.0127. The summed E-state index contributed by atoms with van der Waals surface area (Å²) < 4.78 is 28.6. The summed E-state index contributed by atoms with van der Waals surface area (Å²) in [7, 11) is 1.78. The standard InChI is InChI=1S/C51H59N7O7/c1-33-29-58(50(60)61)34(2)28-57(33)38-20-23-56(24-21-38)49-53-44-18-15-36(43-30-55(3)48(59)46-41(43)19-22-52-46)26-42(44)47(54-49)51(65-39-16-17-39,32-64-45-14-7-8-25-62-45)37-12-9-13-40(27-37)63-31-35-10-5-4-6-11-35/h4-6,9-13,15,18-19,22,26-27,30,33-34,38-39,45,52H,7-8,14,16-17,20-21,23-25,28-29,31-32H2,1-3H3,(H,60,61)/t33-,34+,45?,51?/m0/s1. The Kier molecular flexibility index (Phi) is 12.1. The summed E-state index contributed by atoms with van der Waals surface area (Å²) in [6.07, 6.45) is 8.88. The number of anilines is 1. The fraction of sp³-hybridized carbons (Fsp3) is 0.451. The highest BCUT2D eigenvalue weighted by Gasteiger charge is 2.46. The first-order valence-corrected chi connectivity index (χ1v) is 23.3. The molecule has 4 aliphatic rings. The van der Waals surface area contributed by atoms with Gasteiger partial charge in [0.1, 0.15) is 17.9 Å². The first-order chi connectivity index (χ1) is 31.6. The van der Waals surface area contributed by atoms with Crippen LogP contribution in [-0.4, -0.2) is 110 Å². The van der Waals surface area contributed by atoms with E-state index in [0.29, 0.717) is 55.3 Å². The molecule has 1 saturated carbocycles. The van der Waals surface area contributed by atoms with Gasteiger partial charge in [-0.05, 0) is 106 Å². The number of benzene rings is 3. The summed E-state index contributed by atoms with van der Waals surface area (Å²) >= 11 is 0. The molecule has 2 unspecified atom stereocenters. The molecular weight excluding hydrogens is 823 g/mol. The molecule has 3 aliphatic heterocycles. The molecule has 3 saturated heterocycles. The van der Waals surface area contributed by atoms with Crippen molar-refractivity contribution < 1.29 is 28.8 Å². The number of nitrogens with zero attached hydrogens (tertiary/aromatic N) is 6. The lowest BCUT2D eigenvalue weighted by molar-refractivity contribution is -0.197. The average Bonchev–Trinajstić information content (AvgIpc) is 4.02. The smallest absolute Gasteiger partial charge is 0.407 e. The number of hydrogen-bond donors (Lipinski definition) is 2. The molecule has 14 heteroatoms. The zero-order valence-corrected chi connectivity index (χ0v) is 37.5. The van der Waals surface area contributed by atoms with Gasteiger partial charge < -0.3 is 43.4 Å². The van der Waals surface area contributed by atoms with E-state index in [1.54, 1.807) is 16.5 Å². The van der Waals surface area contributed by atoms with Gasteiger partial charge in [-0.3, -0.25) is 9.69 Å². The number of aromatic amines is 1. The van der Waals surface area contributed by atoms with Gasteiger partial charge in [0, 0.05) is 86.7 Å². The number of ether oxygens (including phenoxy) is 4. The zero-order valence-electron chi connectivity index (χ0n) is 37.5. The SMILES string of the molecule is C[C@@H]1CN(C2CCN(c3nc(C(COC4CCCCO4)(OC4CC4)c4cccc(OCc5ccccc5)c4)c4cc(-c5cn(C)c(=O)c6[nH]ccc56)ccc4n3)CC2)[C@@H](C)CN1C(=O)O. The van der Waals surface area contributed by atoms with E-state index in [0.717, 1.165) is 96.6 Å². The van der Waals surface area contributed by atoms with Crippen molar-refractivity contribution in [3.05, 3.63) is 118 Å². The van der Waals surface area contributed by atoms with Gasteiger partial charge in [-0.25, -0.2) is 14.8 Å². The van der Waals surface area contributed by atoms with Crippen molar-refractivity contribution in [3.63, 3.8) is 0 Å². The van der Waals surface area contributed by atoms with Crippen molar-refractivity contribution in [2.75, 3.05) is 44.3 Å². The molecule has 4 atom stereocenters. The number of rotatable bonds is 13. The maximum atomic E-state index is 13.2. The van der Waals surface area contributed by atoms with E-state index < -0.39 is 11.7 Å². The minimum atomic E-state index is -1.21. The van der Waals surface area contributed by atoms with Crippen LogP contribution in [0.15, 0.2) is 96.1 Å². The Morgan fingerprint density at radius 2 is 1.74 bits per heavy atom. The lowest BCUT2D eigenvalue weighted by Crippen LogP contribution is -2.61. The molecule has 6 heterocycles. The Balaban J connectivity index is 1.09. The predicted molar refractivity (Wildman–Crippen MR) is 249 cm³/mol. The number of aromatic nitrogens is 4. The van der Waals surface area contributed by atoms with Gasteiger partial charge in [-0.15, -0.1) is 0 Å². The third-order valence-electron chi connectivity index (χ3n) is 13.8. The van der Waals surface area contributed by atoms with Crippen molar-refractivity contribution >= 4 is 33.8 Å². The molecule has 65 heavy (non-hydrogen) atoms. The largest absolute Gasteiger partial charge is 0.489 e. The topological polar surface area (TPSA) is 148 Å². The van der Waals surface area contributed by atoms with E-state index in [1.165, 1.54) is 0 Å². The highest BCUT2D eigenvalue weighted by atomic mass is 16.7. The van der Waals surface area contributed by atoms with Crippen molar-refractivity contribution in [3.8, 4) is 16.9 Å². The highest BCUT2D eigenvalue weighted by molar-refractivity contribution is 5.97. The van der Waals surface area contributed by atoms with Crippen LogP contribution in [-0.2, 0) is 33.5 Å². The number of pyridine rings is 1. The molecule has 1 amide bonds. The number of nitrogens with one attached hydrogen (secondary N) is 1. The van der Waals surface area contributed by atoms with Crippen molar-refractivity contribution in [1.29, 1.82) is 0 Å². The number of piperazine rings is 1. The summed E-state index contributed by atoms with van der Waals surface area (Å²) in [5, 5.41) is 11.5. The molecule has 4 fully saturated rings. The van der Waals surface area contributed by atoms with Gasteiger partial charge in [-0.2, -0.15) is 0 Å². The quantitative estimate of drug-likeness (QED) is 0.116. The zero-order chi connectivity index (χ0) is 44.7. The van der Waals surface area contributed by atoms with Crippen LogP contribution in [0, 0.1) is 0 Å². The monoisotopic (exact) mass is 881 g/mol. The van der Waals surface area contributed by atoms with E-state index in [4.69, 9.17) is 28.9 Å². The molecule has 1 aliphatic carbocycles. The lowest BCUT2D eigenvalue weighted by Gasteiger charge is -2.48. The molecule has 10 rings (SSSR count). The fourth-order valence-electron chi connectivity index (χ4n) is 10.1. The predicted octanol–water partition coefficient (Wildman–Crippen LogP) is 8.06. The summed E-state index contributed by atoms with van der Waals surface area (Å²) in [5.41, 5.74) is 4.48. The van der Waals surface area contributed by atoms with E-state index in [1.807, 2.05) is 55.7 Å². The van der Waals surface area contributed by atoms with E-state index >= 15 is 0 Å². The molecule has 0 radical (unpaired) electrons. The molecule has 340 valence electrons. The molecule has 0 spiro atoms. The summed E-state index contributed by atoms with van der Waals surface area (Å²) in [6, 6.07) is 26.9. The van der Waals surface area contributed by atoms with Crippen LogP contribution in [0.25, 0.3) is 32.9 Å². The lowest BCUT2D eigenvalue weighted by atomic mass is 9.87. The number of fused-ring (bicyclic) bond motifs is 2. The Hall–Kier alpha value is -5.80. The number of piperidine rings is 1. The molecule has 14 nitrogen and oxygen atoms in total. The maximum absolute atomic E-state index is 13.2. The Morgan fingerprint density at radius 1 is 0.908 bits per heavy atom. The van der Waals surface area contributed by atoms with Crippen LogP contribution in [0.3, 0.4) is 0 Å². The van der Waals surface area contributed by atoms with E-state index in [-0.39, 0.29) is 36.6 Å². The molecular formula is C51H59N7O7. The Morgan fingerprint density at radius 3 is 2.51 bits per heavy atom. The van der Waals surface area contributed by atoms with Gasteiger partial charge >= 0.3 is 6.09 Å². The average molecular weight is 882 g/mol. The van der Waals surface area contributed by atoms with E-state index in [9.17, 15) is 14.7 Å². The second-order valence-electron chi connectivity index (χ2n) is 18.4. The number of amides is 1. The molecule has 2 N–H and O–H groups in total. The van der Waals surface area contributed by atoms with Crippen molar-refractivity contribution in [2.24, 2.45) is 7.05 Å². The summed E-state index contributed by atoms with van der Waals surface area (Å²) in [6.45, 7) is 8.03. The van der Waals surface area contributed by atoms with Crippen LogP contribution in [0.4, 0.5) is 10.7 Å². The third kappa shape index (κ3) is 8.84. The number of aryl methyl sites for hydroxylation is 1. The van der Waals surface area contributed by atoms with E-state index in [2.05, 4.69) is 64.2 Å². The van der Waals surface area contributed by atoms with Gasteiger partial charge in [0.2, 0.25) is 5.95 Å². The highest BCUT2D eigenvalue weighted by Crippen LogP contribution is 2.45. The minimum Gasteiger partial charge on any atom is -0.489 e. The van der Waals surface area contributed by atoms with Gasteiger partial charge in [0.15, 0.2) is 11.9 Å². The van der Waals surface area contributed by atoms with Crippen LogP contribution in [0.5, 0.6) is 5.75 Å². The van der Waals surface area contributed by atoms with Gasteiger partial charge in [-0.1, -0.05) is 48.5 Å². The van der Waals surface area contributed by atoms with Gasteiger partial charge in [0.05, 0.1) is 23.9 Å². The number of hydrogen-bond acceptors (Lipinski definition) is 10. The summed E-state index contributed by atoms with van der Waals surface area (Å²) in [5.74, 6) is 1.33. The first kappa shape index (κ1) is 43.1. The fourth-order valence-corrected chi connectivity index (χ4v) is 10.1. The molecule has 3 aromatic carbocycles. The summed E-state index contributed by atoms with van der Waals surface area (Å²) in [4.78, 5) is 45.6. The normalized spacial score (nSPS) is 22.0. The Bertz CT molecular complexity index is 2710. The van der Waals surface area contributed by atoms with Crippen LogP contribution in [0.2, 0.25) is 0 Å². The van der Waals surface area contributed by atoms with Crippen LogP contribution in [0.1, 0.15) is 75.6 Å². The number of carboxylic acid groups (broad SMARTS) is 1. The second kappa shape index (κ2) is 18.2.